The van der Waals surface area contributed by atoms with E-state index in [1.54, 1.807) is 42.7 Å². The summed E-state index contributed by atoms with van der Waals surface area (Å²) in [7, 11) is -4.41. The van der Waals surface area contributed by atoms with Gasteiger partial charge in [0.2, 0.25) is 15.7 Å². The van der Waals surface area contributed by atoms with Gasteiger partial charge in [0, 0.05) is 18.8 Å². The van der Waals surface area contributed by atoms with Crippen molar-refractivity contribution in [3.05, 3.63) is 99.9 Å². The largest absolute Gasteiger partial charge is 0.492 e. The number of aromatic hydroxyl groups is 1. The molecule has 2 aromatic heterocycles. The molecule has 2 heterocycles. The second kappa shape index (κ2) is 10.0. The topological polar surface area (TPSA) is 126 Å². The highest BCUT2D eigenvalue weighted by molar-refractivity contribution is 7.91. The van der Waals surface area contributed by atoms with Gasteiger partial charge in [-0.05, 0) is 97.0 Å². The molecule has 0 aliphatic heterocycles. The van der Waals surface area contributed by atoms with E-state index in [2.05, 4.69) is 16.0 Å². The summed E-state index contributed by atoms with van der Waals surface area (Å²) >= 11 is 0. The maximum atomic E-state index is 14.2. The molecule has 8 nitrogen and oxygen atoms in total. The van der Waals surface area contributed by atoms with Gasteiger partial charge in [-0.25, -0.2) is 8.42 Å². The van der Waals surface area contributed by atoms with Crippen LogP contribution >= 0.6 is 0 Å². The molecule has 202 valence electrons. The van der Waals surface area contributed by atoms with Crippen LogP contribution in [0.5, 0.6) is 5.88 Å². The molecule has 1 atom stereocenters. The molecule has 0 amide bonds. The lowest BCUT2D eigenvalue weighted by molar-refractivity contribution is 0.399. The molecule has 0 radical (unpaired) electrons. The lowest BCUT2D eigenvalue weighted by Crippen LogP contribution is -2.34. The van der Waals surface area contributed by atoms with E-state index in [1.807, 2.05) is 19.1 Å². The first-order chi connectivity index (χ1) is 19.3. The standard InChI is InChI=1S/C31H28N4O4S/c1-19-18-33-14-13-26(19)22-9-11-25(12-10-22)40(38,39)29-30(36)34-27(16-20-5-6-20)35(31(29)37)28(23-7-8-23)24-4-2-3-21(15-24)17-32/h2-4,9-15,18,20,23,28,36H,5-8,16H2,1H3/t28-/m0/s1. The van der Waals surface area contributed by atoms with Crippen LogP contribution in [0.1, 0.15) is 54.2 Å². The Morgan fingerprint density at radius 3 is 2.50 bits per heavy atom. The van der Waals surface area contributed by atoms with Crippen LogP contribution < -0.4 is 5.56 Å². The Balaban J connectivity index is 1.49. The number of rotatable bonds is 8. The van der Waals surface area contributed by atoms with Crippen LogP contribution in [0.3, 0.4) is 0 Å². The van der Waals surface area contributed by atoms with Crippen molar-refractivity contribution in [2.24, 2.45) is 11.8 Å². The van der Waals surface area contributed by atoms with E-state index in [0.717, 1.165) is 47.9 Å². The average Bonchev–Trinajstić information content (AvgIpc) is 3.87. The number of nitriles is 1. The van der Waals surface area contributed by atoms with Crippen LogP contribution in [0, 0.1) is 30.1 Å². The molecule has 9 heteroatoms. The van der Waals surface area contributed by atoms with Crippen LogP contribution in [0.2, 0.25) is 0 Å². The smallest absolute Gasteiger partial charge is 0.277 e. The molecular weight excluding hydrogens is 524 g/mol. The Labute approximate surface area is 232 Å². The SMILES string of the molecule is Cc1cnccc1-c1ccc(S(=O)(=O)c2c(O)nc(CC3CC3)n([C@H](c3cccc(C#N)c3)C3CC3)c2=O)cc1. The minimum Gasteiger partial charge on any atom is -0.492 e. The lowest BCUT2D eigenvalue weighted by atomic mass is 9.99. The Hall–Kier alpha value is -4.29. The zero-order valence-electron chi connectivity index (χ0n) is 22.0. The quantitative estimate of drug-likeness (QED) is 0.327. The highest BCUT2D eigenvalue weighted by Gasteiger charge is 2.39. The molecule has 2 aromatic carbocycles. The van der Waals surface area contributed by atoms with Gasteiger partial charge < -0.3 is 5.11 Å². The Kier molecular flexibility index (Phi) is 6.51. The van der Waals surface area contributed by atoms with Gasteiger partial charge in [-0.1, -0.05) is 24.3 Å². The number of nitrogens with zero attached hydrogens (tertiary/aromatic N) is 4. The van der Waals surface area contributed by atoms with E-state index in [1.165, 1.54) is 16.7 Å². The van der Waals surface area contributed by atoms with E-state index in [4.69, 9.17) is 0 Å². The van der Waals surface area contributed by atoms with E-state index in [-0.39, 0.29) is 10.8 Å². The maximum absolute atomic E-state index is 14.2. The van der Waals surface area contributed by atoms with E-state index >= 15 is 0 Å². The van der Waals surface area contributed by atoms with Gasteiger partial charge in [0.05, 0.1) is 22.6 Å². The summed E-state index contributed by atoms with van der Waals surface area (Å²) in [6, 6.07) is 16.8. The molecular formula is C31H28N4O4S. The Morgan fingerprint density at radius 1 is 1.10 bits per heavy atom. The summed E-state index contributed by atoms with van der Waals surface area (Å²) in [4.78, 5) is 21.8. The molecule has 2 saturated carbocycles. The molecule has 0 spiro atoms. The number of hydrogen-bond donors (Lipinski definition) is 1. The highest BCUT2D eigenvalue weighted by Crippen LogP contribution is 2.45. The van der Waals surface area contributed by atoms with Gasteiger partial charge in [-0.2, -0.15) is 10.2 Å². The molecule has 6 rings (SSSR count). The van der Waals surface area contributed by atoms with Crippen LogP contribution in [0.4, 0.5) is 0 Å². The van der Waals surface area contributed by atoms with Crippen molar-refractivity contribution in [1.82, 2.24) is 14.5 Å². The minimum atomic E-state index is -4.41. The molecule has 4 aromatic rings. The maximum Gasteiger partial charge on any atom is 0.277 e. The van der Waals surface area contributed by atoms with Crippen molar-refractivity contribution >= 4 is 9.84 Å². The molecule has 0 bridgehead atoms. The van der Waals surface area contributed by atoms with E-state index < -0.39 is 32.2 Å². The van der Waals surface area contributed by atoms with Gasteiger partial charge in [-0.15, -0.1) is 0 Å². The summed E-state index contributed by atoms with van der Waals surface area (Å²) in [5, 5.41) is 20.4. The van der Waals surface area contributed by atoms with Gasteiger partial charge in [0.15, 0.2) is 4.90 Å². The molecule has 40 heavy (non-hydrogen) atoms. The van der Waals surface area contributed by atoms with Crippen molar-refractivity contribution in [3.63, 3.8) is 0 Å². The third-order valence-electron chi connectivity index (χ3n) is 7.77. The predicted molar refractivity (Wildman–Crippen MR) is 148 cm³/mol. The molecule has 2 aliphatic rings. The number of benzene rings is 2. The second-order valence-corrected chi connectivity index (χ2v) is 12.6. The normalized spacial score (nSPS) is 15.9. The fraction of sp³-hybridized carbons (Fsp3) is 0.290. The van der Waals surface area contributed by atoms with Crippen molar-refractivity contribution in [1.29, 1.82) is 5.26 Å². The first-order valence-electron chi connectivity index (χ1n) is 13.4. The summed E-state index contributed by atoms with van der Waals surface area (Å²) in [6.45, 7) is 1.92. The number of aromatic nitrogens is 3. The fourth-order valence-electron chi connectivity index (χ4n) is 5.36. The Morgan fingerprint density at radius 2 is 1.85 bits per heavy atom. The van der Waals surface area contributed by atoms with Crippen LogP contribution in [0.15, 0.2) is 81.6 Å². The van der Waals surface area contributed by atoms with Crippen molar-refractivity contribution in [2.75, 3.05) is 0 Å². The highest BCUT2D eigenvalue weighted by atomic mass is 32.2. The average molecular weight is 553 g/mol. The number of pyridine rings is 1. The van der Waals surface area contributed by atoms with Crippen LogP contribution in [-0.4, -0.2) is 28.1 Å². The molecule has 1 N–H and O–H groups in total. The molecule has 2 fully saturated rings. The zero-order valence-corrected chi connectivity index (χ0v) is 22.8. The first-order valence-corrected chi connectivity index (χ1v) is 14.9. The van der Waals surface area contributed by atoms with Gasteiger partial charge in [0.1, 0.15) is 5.82 Å². The van der Waals surface area contributed by atoms with Crippen molar-refractivity contribution in [2.45, 2.75) is 54.9 Å². The lowest BCUT2D eigenvalue weighted by Gasteiger charge is -2.24. The second-order valence-electron chi connectivity index (χ2n) is 10.7. The molecule has 2 aliphatic carbocycles. The van der Waals surface area contributed by atoms with Crippen molar-refractivity contribution < 1.29 is 13.5 Å². The number of aryl methyl sites for hydroxylation is 1. The zero-order chi connectivity index (χ0) is 28.0. The summed E-state index contributed by atoms with van der Waals surface area (Å²) in [6.07, 6.45) is 7.62. The summed E-state index contributed by atoms with van der Waals surface area (Å²) < 4.78 is 29.2. The van der Waals surface area contributed by atoms with Gasteiger partial charge in [0.25, 0.3) is 5.56 Å². The summed E-state index contributed by atoms with van der Waals surface area (Å²) in [5.74, 6) is 0.0573. The minimum absolute atomic E-state index is 0.104. The predicted octanol–water partition coefficient (Wildman–Crippen LogP) is 4.98. The van der Waals surface area contributed by atoms with Gasteiger partial charge >= 0.3 is 0 Å². The monoisotopic (exact) mass is 552 g/mol. The molecule has 0 saturated heterocycles. The van der Waals surface area contributed by atoms with Crippen LogP contribution in [-0.2, 0) is 16.3 Å². The first kappa shape index (κ1) is 26.0. The van der Waals surface area contributed by atoms with E-state index in [0.29, 0.717) is 23.7 Å². The Bertz CT molecular complexity index is 1820. The summed E-state index contributed by atoms with van der Waals surface area (Å²) in [5.41, 5.74) is 3.11. The molecule has 0 unspecified atom stereocenters. The van der Waals surface area contributed by atoms with Crippen LogP contribution in [0.25, 0.3) is 11.1 Å². The third-order valence-corrected chi connectivity index (χ3v) is 9.55. The third kappa shape index (κ3) is 4.80. The fourth-order valence-corrected chi connectivity index (χ4v) is 6.70. The van der Waals surface area contributed by atoms with Gasteiger partial charge in [-0.3, -0.25) is 14.3 Å². The van der Waals surface area contributed by atoms with E-state index in [9.17, 15) is 23.6 Å². The number of sulfone groups is 1. The van der Waals surface area contributed by atoms with Crippen molar-refractivity contribution in [3.8, 4) is 23.1 Å². The number of hydrogen-bond acceptors (Lipinski definition) is 7.